The Bertz CT molecular complexity index is 1640. The van der Waals surface area contributed by atoms with Gasteiger partial charge in [0.2, 0.25) is 5.90 Å². The number of rotatable bonds is 4. The summed E-state index contributed by atoms with van der Waals surface area (Å²) in [5.41, 5.74) is 1.70. The molecule has 2 aromatic carbocycles. The summed E-state index contributed by atoms with van der Waals surface area (Å²) >= 11 is 0. The van der Waals surface area contributed by atoms with Crippen LogP contribution in [0.1, 0.15) is 80.1 Å². The summed E-state index contributed by atoms with van der Waals surface area (Å²) in [5, 5.41) is 14.3. The lowest BCUT2D eigenvalue weighted by atomic mass is 9.81. The Balaban J connectivity index is 0.000000148. The van der Waals surface area contributed by atoms with Gasteiger partial charge in [-0.15, -0.1) is 0 Å². The number of aliphatic imine (C=N–C) groups is 1. The molecule has 3 aliphatic rings. The minimum absolute atomic E-state index is 0.165. The van der Waals surface area contributed by atoms with Crippen molar-refractivity contribution in [3.05, 3.63) is 72.1 Å². The van der Waals surface area contributed by atoms with Gasteiger partial charge in [0.15, 0.2) is 5.54 Å². The Morgan fingerprint density at radius 1 is 0.805 bits per heavy atom. The highest BCUT2D eigenvalue weighted by atomic mass is 16.6. The number of hydrogen-bond donors (Lipinski definition) is 4. The fourth-order valence-corrected chi connectivity index (χ4v) is 6.24. The lowest BCUT2D eigenvalue weighted by Crippen LogP contribution is -2.55. The fraction of sp³-hybridized carbons (Fsp3) is 0.375. The van der Waals surface area contributed by atoms with Crippen LogP contribution in [0.5, 0.6) is 0 Å². The van der Waals surface area contributed by atoms with E-state index in [0.29, 0.717) is 24.3 Å². The topological polar surface area (TPSA) is 137 Å². The summed E-state index contributed by atoms with van der Waals surface area (Å²) in [7, 11) is 0. The molecule has 9 heteroatoms. The highest BCUT2D eigenvalue weighted by molar-refractivity contribution is 6.09. The number of carboxylic acids is 1. The van der Waals surface area contributed by atoms with Gasteiger partial charge in [0, 0.05) is 45.3 Å². The lowest BCUT2D eigenvalue weighted by Gasteiger charge is -2.34. The second-order valence-electron chi connectivity index (χ2n) is 11.4. The zero-order chi connectivity index (χ0) is 28.5. The second kappa shape index (κ2) is 10.9. The molecule has 0 bridgehead atoms. The monoisotopic (exact) mass is 554 g/mol. The number of cyclic esters (lactones) is 1. The van der Waals surface area contributed by atoms with E-state index in [1.165, 1.54) is 6.42 Å². The van der Waals surface area contributed by atoms with E-state index in [9.17, 15) is 19.5 Å². The average molecular weight is 555 g/mol. The summed E-state index contributed by atoms with van der Waals surface area (Å²) in [6.45, 7) is 0. The van der Waals surface area contributed by atoms with Crippen LogP contribution in [0, 0.1) is 0 Å². The Hall–Kier alpha value is -4.40. The first-order valence-corrected chi connectivity index (χ1v) is 14.4. The standard InChI is InChI=1S/C16H18N2O3.C16H16N2O2/c19-14(12-4-5-13-11(10-12)6-9-17-13)18-16(15(20)21)7-2-1-3-8-16;19-15-16(7-2-1-3-8-16)18-14(20-15)12-4-5-13-11(10-12)6-9-17-13/h4-6,9-10,17H,1-3,7-8H2,(H,18,19)(H,20,21);4-6,9-10,17H,1-3,7-8H2. The van der Waals surface area contributed by atoms with Gasteiger partial charge in [-0.2, -0.15) is 0 Å². The highest BCUT2D eigenvalue weighted by Gasteiger charge is 2.46. The van der Waals surface area contributed by atoms with Crippen molar-refractivity contribution in [2.24, 2.45) is 4.99 Å². The molecule has 2 saturated carbocycles. The second-order valence-corrected chi connectivity index (χ2v) is 11.4. The van der Waals surface area contributed by atoms with Gasteiger partial charge in [0.1, 0.15) is 5.54 Å². The van der Waals surface area contributed by atoms with E-state index in [0.717, 1.165) is 72.3 Å². The molecule has 1 spiro atoms. The van der Waals surface area contributed by atoms with Gasteiger partial charge in [-0.25, -0.2) is 14.6 Å². The van der Waals surface area contributed by atoms with Gasteiger partial charge in [-0.1, -0.05) is 38.5 Å². The molecule has 4 aromatic rings. The van der Waals surface area contributed by atoms with Gasteiger partial charge >= 0.3 is 11.9 Å². The van der Waals surface area contributed by atoms with E-state index < -0.39 is 17.0 Å². The zero-order valence-corrected chi connectivity index (χ0v) is 22.9. The summed E-state index contributed by atoms with van der Waals surface area (Å²) in [6.07, 6.45) is 12.4. The van der Waals surface area contributed by atoms with Gasteiger partial charge < -0.3 is 25.1 Å². The number of aliphatic carboxylic acids is 1. The Morgan fingerprint density at radius 3 is 2.07 bits per heavy atom. The van der Waals surface area contributed by atoms with E-state index in [2.05, 4.69) is 20.3 Å². The number of amides is 1. The van der Waals surface area contributed by atoms with E-state index in [1.807, 2.05) is 48.8 Å². The van der Waals surface area contributed by atoms with E-state index >= 15 is 0 Å². The number of aromatic nitrogens is 2. The molecular formula is C32H34N4O5. The third kappa shape index (κ3) is 5.24. The number of aromatic amines is 2. The number of benzene rings is 2. The van der Waals surface area contributed by atoms with Crippen molar-refractivity contribution in [1.29, 1.82) is 0 Å². The zero-order valence-electron chi connectivity index (χ0n) is 22.9. The smallest absolute Gasteiger partial charge is 0.340 e. The van der Waals surface area contributed by atoms with Gasteiger partial charge in [-0.05, 0) is 74.2 Å². The van der Waals surface area contributed by atoms with Crippen molar-refractivity contribution in [3.63, 3.8) is 0 Å². The summed E-state index contributed by atoms with van der Waals surface area (Å²) in [6, 6.07) is 15.2. The summed E-state index contributed by atoms with van der Waals surface area (Å²) in [4.78, 5) is 47.1. The van der Waals surface area contributed by atoms with Crippen LogP contribution in [0.3, 0.4) is 0 Å². The fourth-order valence-electron chi connectivity index (χ4n) is 6.24. The highest BCUT2D eigenvalue weighted by Crippen LogP contribution is 2.37. The molecule has 2 aromatic heterocycles. The number of hydrogen-bond acceptors (Lipinski definition) is 5. The van der Waals surface area contributed by atoms with Crippen LogP contribution in [0.4, 0.5) is 0 Å². The van der Waals surface area contributed by atoms with E-state index in [4.69, 9.17) is 4.74 Å². The maximum Gasteiger partial charge on any atom is 0.340 e. The largest absolute Gasteiger partial charge is 0.480 e. The molecular weight excluding hydrogens is 520 g/mol. The van der Waals surface area contributed by atoms with Crippen molar-refractivity contribution in [1.82, 2.24) is 15.3 Å². The van der Waals surface area contributed by atoms with Crippen LogP contribution in [0.25, 0.3) is 21.8 Å². The number of ether oxygens (including phenoxy) is 1. The van der Waals surface area contributed by atoms with Gasteiger partial charge in [-0.3, -0.25) is 4.79 Å². The molecule has 0 radical (unpaired) electrons. The maximum absolute atomic E-state index is 12.4. The minimum atomic E-state index is -1.11. The maximum atomic E-state index is 12.4. The van der Waals surface area contributed by atoms with Crippen molar-refractivity contribution in [3.8, 4) is 0 Å². The molecule has 0 unspecified atom stereocenters. The van der Waals surface area contributed by atoms with Crippen molar-refractivity contribution < 1.29 is 24.2 Å². The van der Waals surface area contributed by atoms with Crippen LogP contribution in [-0.2, 0) is 14.3 Å². The van der Waals surface area contributed by atoms with Crippen molar-refractivity contribution in [2.75, 3.05) is 0 Å². The molecule has 2 fully saturated rings. The number of fused-ring (bicyclic) bond motifs is 2. The molecule has 0 saturated heterocycles. The quantitative estimate of drug-likeness (QED) is 0.234. The third-order valence-electron chi connectivity index (χ3n) is 8.65. The van der Waals surface area contributed by atoms with Gasteiger partial charge in [0.25, 0.3) is 5.91 Å². The van der Waals surface area contributed by atoms with Crippen LogP contribution < -0.4 is 5.32 Å². The first kappa shape index (κ1) is 26.8. The Morgan fingerprint density at radius 2 is 1.41 bits per heavy atom. The number of carbonyl (C=O) groups excluding carboxylic acids is 2. The van der Waals surface area contributed by atoms with Crippen LogP contribution in [-0.4, -0.2) is 49.9 Å². The number of nitrogens with one attached hydrogen (secondary N) is 3. The van der Waals surface area contributed by atoms with Crippen LogP contribution in [0.15, 0.2) is 65.9 Å². The van der Waals surface area contributed by atoms with Crippen LogP contribution in [0.2, 0.25) is 0 Å². The molecule has 3 heterocycles. The normalized spacial score (nSPS) is 19.3. The average Bonchev–Trinajstić information content (AvgIpc) is 3.73. The number of carboxylic acid groups (broad SMARTS) is 1. The molecule has 41 heavy (non-hydrogen) atoms. The third-order valence-corrected chi connectivity index (χ3v) is 8.65. The number of H-pyrrole nitrogens is 2. The molecule has 2 aliphatic carbocycles. The predicted molar refractivity (Wildman–Crippen MR) is 156 cm³/mol. The number of carbonyl (C=O) groups is 3. The van der Waals surface area contributed by atoms with Crippen molar-refractivity contribution >= 4 is 45.5 Å². The first-order chi connectivity index (χ1) is 19.9. The molecule has 7 rings (SSSR count). The molecule has 4 N–H and O–H groups in total. The predicted octanol–water partition coefficient (Wildman–Crippen LogP) is 5.86. The molecule has 9 nitrogen and oxygen atoms in total. The van der Waals surface area contributed by atoms with Crippen molar-refractivity contribution in [2.45, 2.75) is 75.3 Å². The minimum Gasteiger partial charge on any atom is -0.480 e. The SMILES string of the molecule is O=C(NC1(C(=O)O)CCCCC1)c1ccc2[nH]ccc2c1.O=C1OC(c2ccc3[nH]ccc3c2)=NC12CCCCC2. The lowest BCUT2D eigenvalue weighted by molar-refractivity contribution is -0.146. The first-order valence-electron chi connectivity index (χ1n) is 14.4. The Labute approximate surface area is 237 Å². The molecule has 0 atom stereocenters. The number of nitrogens with zero attached hydrogens (tertiary/aromatic N) is 1. The Kier molecular flexibility index (Phi) is 7.11. The van der Waals surface area contributed by atoms with Gasteiger partial charge in [0.05, 0.1) is 0 Å². The summed E-state index contributed by atoms with van der Waals surface area (Å²) < 4.78 is 5.47. The van der Waals surface area contributed by atoms with E-state index in [-0.39, 0.29) is 11.9 Å². The van der Waals surface area contributed by atoms with Crippen LogP contribution >= 0.6 is 0 Å². The van der Waals surface area contributed by atoms with E-state index in [1.54, 1.807) is 12.1 Å². The molecule has 212 valence electrons. The molecule has 1 aliphatic heterocycles. The summed E-state index contributed by atoms with van der Waals surface area (Å²) in [5.74, 6) is -0.929. The number of esters is 1. The molecule has 1 amide bonds.